The number of hydrogen-bond donors (Lipinski definition) is 2. The molecule has 0 spiro atoms. The molecule has 0 amide bonds. The maximum Gasteiger partial charge on any atom is 0.120 e. The summed E-state index contributed by atoms with van der Waals surface area (Å²) in [6.07, 6.45) is 3.79. The molecule has 78 valence electrons. The third kappa shape index (κ3) is 4.07. The van der Waals surface area contributed by atoms with E-state index in [1.807, 2.05) is 0 Å². The van der Waals surface area contributed by atoms with E-state index >= 15 is 0 Å². The second kappa shape index (κ2) is 6.35. The predicted molar refractivity (Wildman–Crippen MR) is 54.7 cm³/mol. The smallest absolute Gasteiger partial charge is 0.120 e. The summed E-state index contributed by atoms with van der Waals surface area (Å²) >= 11 is 0. The molecule has 2 unspecified atom stereocenters. The highest BCUT2D eigenvalue weighted by atomic mass is 16.5. The van der Waals surface area contributed by atoms with Crippen LogP contribution in [0.25, 0.3) is 0 Å². The van der Waals surface area contributed by atoms with Crippen LogP contribution in [-0.4, -0.2) is 32.0 Å². The van der Waals surface area contributed by atoms with Crippen LogP contribution in [0.15, 0.2) is 0 Å². The Hall–Kier alpha value is -0.120. The van der Waals surface area contributed by atoms with Crippen molar-refractivity contribution in [3.63, 3.8) is 0 Å². The maximum atomic E-state index is 5.64. The van der Waals surface area contributed by atoms with Gasteiger partial charge >= 0.3 is 0 Å². The van der Waals surface area contributed by atoms with Gasteiger partial charge in [-0.3, -0.25) is 5.32 Å². The summed E-state index contributed by atoms with van der Waals surface area (Å²) in [5.41, 5.74) is 0. The Morgan fingerprint density at radius 3 is 2.62 bits per heavy atom. The Bertz CT molecular complexity index is 119. The van der Waals surface area contributed by atoms with Crippen molar-refractivity contribution in [2.24, 2.45) is 0 Å². The van der Waals surface area contributed by atoms with Crippen molar-refractivity contribution in [1.29, 1.82) is 0 Å². The zero-order valence-corrected chi connectivity index (χ0v) is 8.81. The molecule has 13 heavy (non-hydrogen) atoms. The molecule has 0 aromatic rings. The minimum Gasteiger partial charge on any atom is -0.362 e. The lowest BCUT2D eigenvalue weighted by atomic mass is 10.2. The molecule has 0 saturated carbocycles. The van der Waals surface area contributed by atoms with Gasteiger partial charge in [0, 0.05) is 25.7 Å². The van der Waals surface area contributed by atoms with Crippen LogP contribution < -0.4 is 10.6 Å². The van der Waals surface area contributed by atoms with Gasteiger partial charge in [-0.1, -0.05) is 20.3 Å². The van der Waals surface area contributed by atoms with E-state index in [-0.39, 0.29) is 6.23 Å². The summed E-state index contributed by atoms with van der Waals surface area (Å²) in [4.78, 5) is 0. The fourth-order valence-corrected chi connectivity index (χ4v) is 1.47. The van der Waals surface area contributed by atoms with Gasteiger partial charge in [0.25, 0.3) is 0 Å². The van der Waals surface area contributed by atoms with E-state index in [0.717, 1.165) is 26.1 Å². The Kier molecular flexibility index (Phi) is 5.35. The number of ether oxygens (including phenoxy) is 1. The standard InChI is InChI=1S/C10H22N2O/c1-3-5-6-13-10-8-11-9(4-2)7-12-10/h9-12H,3-8H2,1-2H3. The van der Waals surface area contributed by atoms with Crippen LogP contribution in [0, 0.1) is 0 Å². The van der Waals surface area contributed by atoms with Crippen LogP contribution in [0.1, 0.15) is 33.1 Å². The highest BCUT2D eigenvalue weighted by Gasteiger charge is 2.17. The molecular formula is C10H22N2O. The lowest BCUT2D eigenvalue weighted by Crippen LogP contribution is -2.55. The summed E-state index contributed by atoms with van der Waals surface area (Å²) in [7, 11) is 0. The predicted octanol–water partition coefficient (Wildman–Crippen LogP) is 1.10. The Balaban J connectivity index is 2.03. The van der Waals surface area contributed by atoms with E-state index in [9.17, 15) is 0 Å². The Labute approximate surface area is 81.2 Å². The molecule has 2 N–H and O–H groups in total. The van der Waals surface area contributed by atoms with Gasteiger partial charge in [-0.25, -0.2) is 0 Å². The van der Waals surface area contributed by atoms with Gasteiger partial charge in [-0.15, -0.1) is 0 Å². The van der Waals surface area contributed by atoms with Crippen molar-refractivity contribution in [1.82, 2.24) is 10.6 Å². The summed E-state index contributed by atoms with van der Waals surface area (Å²) in [6, 6.07) is 0.631. The molecular weight excluding hydrogens is 164 g/mol. The van der Waals surface area contributed by atoms with Crippen molar-refractivity contribution in [3.05, 3.63) is 0 Å². The third-order valence-corrected chi connectivity index (χ3v) is 2.49. The molecule has 3 heteroatoms. The minimum atomic E-state index is 0.231. The molecule has 3 nitrogen and oxygen atoms in total. The highest BCUT2D eigenvalue weighted by molar-refractivity contribution is 4.77. The number of piperazine rings is 1. The van der Waals surface area contributed by atoms with Gasteiger partial charge in [-0.2, -0.15) is 0 Å². The zero-order chi connectivity index (χ0) is 9.52. The highest BCUT2D eigenvalue weighted by Crippen LogP contribution is 1.99. The Morgan fingerprint density at radius 2 is 2.08 bits per heavy atom. The molecule has 1 rings (SSSR count). The van der Waals surface area contributed by atoms with Crippen LogP contribution in [0.2, 0.25) is 0 Å². The van der Waals surface area contributed by atoms with Crippen molar-refractivity contribution in [2.45, 2.75) is 45.4 Å². The molecule has 1 heterocycles. The average Bonchev–Trinajstić information content (AvgIpc) is 2.19. The second-order valence-electron chi connectivity index (χ2n) is 3.63. The van der Waals surface area contributed by atoms with E-state index in [4.69, 9.17) is 4.74 Å². The van der Waals surface area contributed by atoms with Crippen LogP contribution >= 0.6 is 0 Å². The topological polar surface area (TPSA) is 33.3 Å². The van der Waals surface area contributed by atoms with Gasteiger partial charge < -0.3 is 10.1 Å². The third-order valence-electron chi connectivity index (χ3n) is 2.49. The first-order chi connectivity index (χ1) is 6.36. The summed E-state index contributed by atoms with van der Waals surface area (Å²) in [5.74, 6) is 0. The molecule has 1 fully saturated rings. The lowest BCUT2D eigenvalue weighted by molar-refractivity contribution is 0.0124. The van der Waals surface area contributed by atoms with Crippen molar-refractivity contribution < 1.29 is 4.74 Å². The van der Waals surface area contributed by atoms with Gasteiger partial charge in [0.2, 0.25) is 0 Å². The van der Waals surface area contributed by atoms with Crippen molar-refractivity contribution in [2.75, 3.05) is 19.7 Å². The van der Waals surface area contributed by atoms with E-state index < -0.39 is 0 Å². The van der Waals surface area contributed by atoms with Crippen LogP contribution in [-0.2, 0) is 4.74 Å². The molecule has 0 bridgehead atoms. The number of hydrogen-bond acceptors (Lipinski definition) is 3. The minimum absolute atomic E-state index is 0.231. The van der Waals surface area contributed by atoms with Crippen molar-refractivity contribution >= 4 is 0 Å². The lowest BCUT2D eigenvalue weighted by Gasteiger charge is -2.30. The van der Waals surface area contributed by atoms with E-state index in [0.29, 0.717) is 6.04 Å². The number of unbranched alkanes of at least 4 members (excludes halogenated alkanes) is 1. The largest absolute Gasteiger partial charge is 0.362 e. The molecule has 1 aliphatic heterocycles. The Morgan fingerprint density at radius 1 is 1.23 bits per heavy atom. The van der Waals surface area contributed by atoms with Crippen molar-refractivity contribution in [3.8, 4) is 0 Å². The summed E-state index contributed by atoms with van der Waals surface area (Å²) < 4.78 is 5.64. The molecule has 0 aromatic carbocycles. The molecule has 2 atom stereocenters. The molecule has 0 aromatic heterocycles. The first-order valence-corrected chi connectivity index (χ1v) is 5.45. The first-order valence-electron chi connectivity index (χ1n) is 5.45. The van der Waals surface area contributed by atoms with E-state index in [2.05, 4.69) is 24.5 Å². The molecule has 0 aliphatic carbocycles. The van der Waals surface area contributed by atoms with Gasteiger partial charge in [0.15, 0.2) is 0 Å². The maximum absolute atomic E-state index is 5.64. The van der Waals surface area contributed by atoms with Gasteiger partial charge in [0.05, 0.1) is 0 Å². The molecule has 0 radical (unpaired) electrons. The SMILES string of the molecule is CCCCOC1CNC(CC)CN1. The number of nitrogens with one attached hydrogen (secondary N) is 2. The fourth-order valence-electron chi connectivity index (χ4n) is 1.47. The first kappa shape index (κ1) is 11.0. The summed E-state index contributed by atoms with van der Waals surface area (Å²) in [5, 5.41) is 6.85. The fraction of sp³-hybridized carbons (Fsp3) is 1.00. The second-order valence-corrected chi connectivity index (χ2v) is 3.63. The average molecular weight is 186 g/mol. The van der Waals surface area contributed by atoms with E-state index in [1.54, 1.807) is 0 Å². The van der Waals surface area contributed by atoms with Crippen LogP contribution in [0.5, 0.6) is 0 Å². The van der Waals surface area contributed by atoms with Gasteiger partial charge in [0.1, 0.15) is 6.23 Å². The monoisotopic (exact) mass is 186 g/mol. The van der Waals surface area contributed by atoms with Crippen LogP contribution in [0.3, 0.4) is 0 Å². The van der Waals surface area contributed by atoms with Gasteiger partial charge in [-0.05, 0) is 12.8 Å². The number of rotatable bonds is 5. The van der Waals surface area contributed by atoms with E-state index in [1.165, 1.54) is 12.8 Å². The molecule has 1 saturated heterocycles. The summed E-state index contributed by atoms with van der Waals surface area (Å²) in [6.45, 7) is 7.25. The normalized spacial score (nSPS) is 29.1. The van der Waals surface area contributed by atoms with Crippen LogP contribution in [0.4, 0.5) is 0 Å². The zero-order valence-electron chi connectivity index (χ0n) is 8.81. The molecule has 1 aliphatic rings. The quantitative estimate of drug-likeness (QED) is 0.631.